The number of benzene rings is 1. The van der Waals surface area contributed by atoms with Gasteiger partial charge in [0, 0.05) is 10.7 Å². The minimum absolute atomic E-state index is 0.241. The third kappa shape index (κ3) is 3.34. The fourth-order valence-corrected chi connectivity index (χ4v) is 3.92. The highest BCUT2D eigenvalue weighted by molar-refractivity contribution is 6.30. The predicted molar refractivity (Wildman–Crippen MR) is 88.3 cm³/mol. The van der Waals surface area contributed by atoms with Crippen molar-refractivity contribution < 1.29 is 4.79 Å². The molecule has 0 bridgehead atoms. The summed E-state index contributed by atoms with van der Waals surface area (Å²) in [6, 6.07) is 7.50. The van der Waals surface area contributed by atoms with E-state index >= 15 is 0 Å². The van der Waals surface area contributed by atoms with Gasteiger partial charge in [-0.1, -0.05) is 44.9 Å². The van der Waals surface area contributed by atoms with Crippen LogP contribution in [0.1, 0.15) is 40.0 Å². The van der Waals surface area contributed by atoms with Crippen LogP contribution in [0.4, 0.5) is 5.69 Å². The maximum absolute atomic E-state index is 12.4. The molecule has 4 heteroatoms. The van der Waals surface area contributed by atoms with Crippen LogP contribution in [0.25, 0.3) is 0 Å². The summed E-state index contributed by atoms with van der Waals surface area (Å²) in [5.74, 6) is 0.869. The van der Waals surface area contributed by atoms with Crippen molar-refractivity contribution in [3.05, 3.63) is 29.3 Å². The SMILES string of the molecule is CC1CCC(C(C)C)C(Nc2cccc(Cl)c2)(C(N)=O)C1. The second-order valence-electron chi connectivity index (χ2n) is 6.71. The summed E-state index contributed by atoms with van der Waals surface area (Å²) in [6.07, 6.45) is 2.95. The molecular weight excluding hydrogens is 284 g/mol. The van der Waals surface area contributed by atoms with Crippen molar-refractivity contribution in [1.82, 2.24) is 0 Å². The van der Waals surface area contributed by atoms with Crippen molar-refractivity contribution >= 4 is 23.2 Å². The van der Waals surface area contributed by atoms with Crippen molar-refractivity contribution in [2.24, 2.45) is 23.5 Å². The van der Waals surface area contributed by atoms with Gasteiger partial charge in [-0.15, -0.1) is 0 Å². The molecule has 1 aromatic rings. The molecule has 0 aliphatic heterocycles. The molecule has 1 aliphatic carbocycles. The number of nitrogens with two attached hydrogens (primary N) is 1. The lowest BCUT2D eigenvalue weighted by Crippen LogP contribution is -2.60. The summed E-state index contributed by atoms with van der Waals surface area (Å²) in [4.78, 5) is 12.4. The molecule has 1 saturated carbocycles. The molecule has 116 valence electrons. The Bertz CT molecular complexity index is 517. The van der Waals surface area contributed by atoms with Gasteiger partial charge < -0.3 is 11.1 Å². The Morgan fingerprint density at radius 3 is 2.71 bits per heavy atom. The monoisotopic (exact) mass is 308 g/mol. The summed E-state index contributed by atoms with van der Waals surface area (Å²) in [5, 5.41) is 4.09. The molecule has 1 aliphatic rings. The molecule has 3 unspecified atom stereocenters. The first-order valence-electron chi connectivity index (χ1n) is 7.69. The lowest BCUT2D eigenvalue weighted by molar-refractivity contribution is -0.126. The lowest BCUT2D eigenvalue weighted by atomic mass is 9.64. The van der Waals surface area contributed by atoms with Crippen LogP contribution < -0.4 is 11.1 Å². The van der Waals surface area contributed by atoms with E-state index in [1.165, 1.54) is 0 Å². The molecule has 1 fully saturated rings. The Kier molecular flexibility index (Phi) is 4.82. The summed E-state index contributed by atoms with van der Waals surface area (Å²) in [6.45, 7) is 6.52. The van der Waals surface area contributed by atoms with Crippen LogP contribution in [0.15, 0.2) is 24.3 Å². The molecule has 0 aromatic heterocycles. The van der Waals surface area contributed by atoms with Gasteiger partial charge in [0.2, 0.25) is 5.91 Å². The summed E-state index contributed by atoms with van der Waals surface area (Å²) in [7, 11) is 0. The molecule has 3 N–H and O–H groups in total. The van der Waals surface area contributed by atoms with Crippen LogP contribution >= 0.6 is 11.6 Å². The third-order valence-corrected chi connectivity index (χ3v) is 4.95. The van der Waals surface area contributed by atoms with Crippen molar-refractivity contribution in [3.63, 3.8) is 0 Å². The van der Waals surface area contributed by atoms with Crippen LogP contribution in [0, 0.1) is 17.8 Å². The first-order valence-corrected chi connectivity index (χ1v) is 8.06. The van der Waals surface area contributed by atoms with E-state index in [1.54, 1.807) is 0 Å². The normalized spacial score (nSPS) is 29.4. The van der Waals surface area contributed by atoms with Crippen LogP contribution in [0.2, 0.25) is 5.02 Å². The molecule has 1 aromatic carbocycles. The highest BCUT2D eigenvalue weighted by Crippen LogP contribution is 2.43. The fraction of sp³-hybridized carbons (Fsp3) is 0.588. The molecule has 0 heterocycles. The molecule has 21 heavy (non-hydrogen) atoms. The van der Waals surface area contributed by atoms with E-state index in [1.807, 2.05) is 24.3 Å². The van der Waals surface area contributed by atoms with Crippen LogP contribution in [0.3, 0.4) is 0 Å². The zero-order valence-corrected chi connectivity index (χ0v) is 13.8. The Labute approximate surface area is 132 Å². The van der Waals surface area contributed by atoms with Crippen LogP contribution in [-0.4, -0.2) is 11.4 Å². The van der Waals surface area contributed by atoms with Gasteiger partial charge in [0.25, 0.3) is 0 Å². The van der Waals surface area contributed by atoms with E-state index in [2.05, 4.69) is 26.1 Å². The number of rotatable bonds is 4. The second-order valence-corrected chi connectivity index (χ2v) is 7.14. The average molecular weight is 309 g/mol. The smallest absolute Gasteiger partial charge is 0.243 e. The quantitative estimate of drug-likeness (QED) is 0.881. The molecule has 2 rings (SSSR count). The maximum atomic E-state index is 12.4. The van der Waals surface area contributed by atoms with Gasteiger partial charge in [0.15, 0.2) is 0 Å². The van der Waals surface area contributed by atoms with Crippen molar-refractivity contribution in [2.75, 3.05) is 5.32 Å². The van der Waals surface area contributed by atoms with Crippen molar-refractivity contribution in [3.8, 4) is 0 Å². The molecule has 0 radical (unpaired) electrons. The number of carbonyl (C=O) groups excluding carboxylic acids is 1. The number of nitrogens with one attached hydrogen (secondary N) is 1. The van der Waals surface area contributed by atoms with Gasteiger partial charge in [-0.25, -0.2) is 0 Å². The molecule has 0 saturated heterocycles. The summed E-state index contributed by atoms with van der Waals surface area (Å²) < 4.78 is 0. The van der Waals surface area contributed by atoms with E-state index < -0.39 is 5.54 Å². The first-order chi connectivity index (χ1) is 9.85. The molecule has 3 nitrogen and oxygen atoms in total. The number of anilines is 1. The second kappa shape index (κ2) is 6.27. The number of hydrogen-bond donors (Lipinski definition) is 2. The Balaban J connectivity index is 2.39. The van der Waals surface area contributed by atoms with E-state index in [-0.39, 0.29) is 11.8 Å². The number of primary amides is 1. The molecule has 0 spiro atoms. The zero-order chi connectivity index (χ0) is 15.6. The largest absolute Gasteiger partial charge is 0.371 e. The highest BCUT2D eigenvalue weighted by Gasteiger charge is 2.48. The Hall–Kier alpha value is -1.22. The number of hydrogen-bond acceptors (Lipinski definition) is 2. The van der Waals surface area contributed by atoms with E-state index in [4.69, 9.17) is 17.3 Å². The molecule has 3 atom stereocenters. The third-order valence-electron chi connectivity index (χ3n) is 4.71. The van der Waals surface area contributed by atoms with Crippen LogP contribution in [-0.2, 0) is 4.79 Å². The van der Waals surface area contributed by atoms with Crippen molar-refractivity contribution in [2.45, 2.75) is 45.6 Å². The summed E-state index contributed by atoms with van der Waals surface area (Å²) >= 11 is 6.06. The Morgan fingerprint density at radius 1 is 1.43 bits per heavy atom. The van der Waals surface area contributed by atoms with Gasteiger partial charge in [-0.2, -0.15) is 0 Å². The fourth-order valence-electron chi connectivity index (χ4n) is 3.73. The summed E-state index contributed by atoms with van der Waals surface area (Å²) in [5.41, 5.74) is 6.02. The van der Waals surface area contributed by atoms with E-state index in [0.29, 0.717) is 16.9 Å². The van der Waals surface area contributed by atoms with E-state index in [9.17, 15) is 4.79 Å². The number of amides is 1. The Morgan fingerprint density at radius 2 is 2.14 bits per heavy atom. The average Bonchev–Trinajstić information content (AvgIpc) is 2.38. The first kappa shape index (κ1) is 16.2. The minimum Gasteiger partial charge on any atom is -0.371 e. The lowest BCUT2D eigenvalue weighted by Gasteiger charge is -2.47. The van der Waals surface area contributed by atoms with Crippen LogP contribution in [0.5, 0.6) is 0 Å². The minimum atomic E-state index is -0.684. The predicted octanol–water partition coefficient (Wildman–Crippen LogP) is 4.07. The van der Waals surface area contributed by atoms with Gasteiger partial charge in [-0.3, -0.25) is 4.79 Å². The number of carbonyl (C=O) groups is 1. The van der Waals surface area contributed by atoms with Gasteiger partial charge in [0.1, 0.15) is 5.54 Å². The standard InChI is InChI=1S/C17H25ClN2O/c1-11(2)15-8-7-12(3)10-17(15,16(19)21)20-14-6-4-5-13(18)9-14/h4-6,9,11-12,15,20H,7-8,10H2,1-3H3,(H2,19,21). The van der Waals surface area contributed by atoms with Crippen molar-refractivity contribution in [1.29, 1.82) is 0 Å². The van der Waals surface area contributed by atoms with E-state index in [0.717, 1.165) is 24.9 Å². The van der Waals surface area contributed by atoms with Gasteiger partial charge in [0.05, 0.1) is 0 Å². The topological polar surface area (TPSA) is 55.1 Å². The zero-order valence-electron chi connectivity index (χ0n) is 13.0. The molecular formula is C17H25ClN2O. The van der Waals surface area contributed by atoms with Gasteiger partial charge >= 0.3 is 0 Å². The highest BCUT2D eigenvalue weighted by atomic mass is 35.5. The molecule has 1 amide bonds. The van der Waals surface area contributed by atoms with Gasteiger partial charge in [-0.05, 0) is 48.8 Å². The maximum Gasteiger partial charge on any atom is 0.243 e. The number of halogens is 1.